The molecule has 1 saturated carbocycles. The molecule has 1 aromatic rings. The van der Waals surface area contributed by atoms with Crippen LogP contribution in [0.4, 0.5) is 13.2 Å². The molecule has 1 fully saturated rings. The Labute approximate surface area is 129 Å². The van der Waals surface area contributed by atoms with Crippen LogP contribution in [0.15, 0.2) is 0 Å². The lowest BCUT2D eigenvalue weighted by Crippen LogP contribution is -2.28. The normalized spacial score (nSPS) is 23.0. The molecule has 2 N–H and O–H groups in total. The number of hydrogen-bond donors (Lipinski definition) is 1. The third-order valence-corrected chi connectivity index (χ3v) is 4.21. The Balaban J connectivity index is 2.13. The molecule has 1 aliphatic rings. The molecule has 0 aliphatic heterocycles. The van der Waals surface area contributed by atoms with Crippen LogP contribution in [0, 0.1) is 0 Å². The molecule has 4 nitrogen and oxygen atoms in total. The van der Waals surface area contributed by atoms with E-state index in [1.54, 1.807) is 0 Å². The summed E-state index contributed by atoms with van der Waals surface area (Å²) in [5.41, 5.74) is 5.88. The molecule has 1 heterocycles. The van der Waals surface area contributed by atoms with E-state index in [2.05, 4.69) is 17.0 Å². The minimum Gasteiger partial charge on any atom is -0.328 e. The molecule has 0 bridgehead atoms. The molecule has 0 saturated heterocycles. The maximum absolute atomic E-state index is 12.8. The summed E-state index contributed by atoms with van der Waals surface area (Å²) in [6, 6.07) is 0.166. The van der Waals surface area contributed by atoms with Crippen LogP contribution < -0.4 is 5.73 Å². The third kappa shape index (κ3) is 4.97. The molecule has 2 rings (SSSR count). The predicted molar refractivity (Wildman–Crippen MR) is 78.5 cm³/mol. The molecule has 22 heavy (non-hydrogen) atoms. The van der Waals surface area contributed by atoms with Crippen LogP contribution in [0.5, 0.6) is 0 Å². The fourth-order valence-corrected chi connectivity index (χ4v) is 3.01. The first-order valence-corrected chi connectivity index (χ1v) is 8.15. The van der Waals surface area contributed by atoms with Gasteiger partial charge in [-0.3, -0.25) is 0 Å². The van der Waals surface area contributed by atoms with E-state index in [0.717, 1.165) is 49.6 Å². The standard InChI is InChI=1S/C15H25F3N4/c1-2-3-4-5-13-20-14(11-6-8-12(19)9-7-11)22(21-13)10-15(16,17)18/h11-12H,2-10,19H2,1H3. The van der Waals surface area contributed by atoms with Gasteiger partial charge in [-0.05, 0) is 32.1 Å². The van der Waals surface area contributed by atoms with Crippen LogP contribution in [0.1, 0.15) is 69.4 Å². The van der Waals surface area contributed by atoms with Crippen molar-refractivity contribution in [2.75, 3.05) is 0 Å². The van der Waals surface area contributed by atoms with Crippen molar-refractivity contribution < 1.29 is 13.2 Å². The van der Waals surface area contributed by atoms with Gasteiger partial charge in [-0.1, -0.05) is 19.8 Å². The summed E-state index contributed by atoms with van der Waals surface area (Å²) in [6.07, 6.45) is 2.69. The van der Waals surface area contributed by atoms with Gasteiger partial charge in [0.1, 0.15) is 12.4 Å². The Bertz CT molecular complexity index is 462. The molecule has 0 radical (unpaired) electrons. The summed E-state index contributed by atoms with van der Waals surface area (Å²) in [5, 5.41) is 4.12. The summed E-state index contributed by atoms with van der Waals surface area (Å²) in [7, 11) is 0. The largest absolute Gasteiger partial charge is 0.408 e. The van der Waals surface area contributed by atoms with E-state index in [-0.39, 0.29) is 12.0 Å². The molecule has 0 atom stereocenters. The maximum Gasteiger partial charge on any atom is 0.408 e. The van der Waals surface area contributed by atoms with Gasteiger partial charge in [-0.2, -0.15) is 18.3 Å². The highest BCUT2D eigenvalue weighted by molar-refractivity contribution is 5.03. The number of nitrogens with zero attached hydrogens (tertiary/aromatic N) is 3. The first-order chi connectivity index (χ1) is 10.4. The van der Waals surface area contributed by atoms with E-state index in [4.69, 9.17) is 5.73 Å². The summed E-state index contributed by atoms with van der Waals surface area (Å²) in [5.74, 6) is 1.09. The van der Waals surface area contributed by atoms with Gasteiger partial charge in [0.2, 0.25) is 0 Å². The lowest BCUT2D eigenvalue weighted by atomic mass is 9.86. The number of halogens is 3. The van der Waals surface area contributed by atoms with Crippen molar-refractivity contribution in [3.63, 3.8) is 0 Å². The minimum absolute atomic E-state index is 0.0505. The van der Waals surface area contributed by atoms with Crippen molar-refractivity contribution in [1.82, 2.24) is 14.8 Å². The topological polar surface area (TPSA) is 56.7 Å². The van der Waals surface area contributed by atoms with E-state index in [1.807, 2.05) is 0 Å². The van der Waals surface area contributed by atoms with Crippen LogP contribution in [-0.2, 0) is 13.0 Å². The van der Waals surface area contributed by atoms with Gasteiger partial charge < -0.3 is 5.73 Å². The van der Waals surface area contributed by atoms with Gasteiger partial charge in [0.15, 0.2) is 5.82 Å². The Morgan fingerprint density at radius 2 is 1.86 bits per heavy atom. The Hall–Kier alpha value is -1.11. The van der Waals surface area contributed by atoms with Gasteiger partial charge >= 0.3 is 6.18 Å². The lowest BCUT2D eigenvalue weighted by molar-refractivity contribution is -0.143. The molecule has 1 aromatic heterocycles. The average molecular weight is 318 g/mol. The average Bonchev–Trinajstić information content (AvgIpc) is 2.81. The number of aromatic nitrogens is 3. The molecule has 0 amide bonds. The second kappa shape index (κ2) is 7.44. The number of unbranched alkanes of at least 4 members (excludes halogenated alkanes) is 2. The van der Waals surface area contributed by atoms with Crippen molar-refractivity contribution in [1.29, 1.82) is 0 Å². The van der Waals surface area contributed by atoms with Crippen molar-refractivity contribution >= 4 is 0 Å². The van der Waals surface area contributed by atoms with Gasteiger partial charge in [0.05, 0.1) is 0 Å². The number of alkyl halides is 3. The molecule has 1 aliphatic carbocycles. The first kappa shape index (κ1) is 17.2. The molecule has 0 unspecified atom stereocenters. The zero-order valence-corrected chi connectivity index (χ0v) is 13.1. The summed E-state index contributed by atoms with van der Waals surface area (Å²) in [6.45, 7) is 1.04. The first-order valence-electron chi connectivity index (χ1n) is 8.15. The maximum atomic E-state index is 12.8. The zero-order chi connectivity index (χ0) is 16.2. The van der Waals surface area contributed by atoms with Crippen molar-refractivity contribution in [2.24, 2.45) is 5.73 Å². The Morgan fingerprint density at radius 1 is 1.18 bits per heavy atom. The monoisotopic (exact) mass is 318 g/mol. The van der Waals surface area contributed by atoms with Crippen LogP contribution in [-0.4, -0.2) is 27.0 Å². The second-order valence-corrected chi connectivity index (χ2v) is 6.23. The number of rotatable bonds is 6. The Kier molecular flexibility index (Phi) is 5.83. The SMILES string of the molecule is CCCCCc1nc(C2CCC(N)CC2)n(CC(F)(F)F)n1. The second-order valence-electron chi connectivity index (χ2n) is 6.23. The highest BCUT2D eigenvalue weighted by Gasteiger charge is 2.33. The smallest absolute Gasteiger partial charge is 0.328 e. The minimum atomic E-state index is -4.27. The molecular weight excluding hydrogens is 293 g/mol. The van der Waals surface area contributed by atoms with E-state index in [0.29, 0.717) is 18.1 Å². The van der Waals surface area contributed by atoms with E-state index < -0.39 is 12.7 Å². The van der Waals surface area contributed by atoms with Crippen molar-refractivity contribution in [3.05, 3.63) is 11.6 Å². The van der Waals surface area contributed by atoms with Crippen LogP contribution in [0.3, 0.4) is 0 Å². The van der Waals surface area contributed by atoms with E-state index in [9.17, 15) is 13.2 Å². The van der Waals surface area contributed by atoms with Crippen molar-refractivity contribution in [3.8, 4) is 0 Å². The van der Waals surface area contributed by atoms with Crippen LogP contribution in [0.25, 0.3) is 0 Å². The molecule has 126 valence electrons. The fourth-order valence-electron chi connectivity index (χ4n) is 3.01. The molecule has 7 heteroatoms. The highest BCUT2D eigenvalue weighted by Crippen LogP contribution is 2.32. The summed E-state index contributed by atoms with van der Waals surface area (Å²) < 4.78 is 39.3. The quantitative estimate of drug-likeness (QED) is 0.816. The third-order valence-electron chi connectivity index (χ3n) is 4.21. The predicted octanol–water partition coefficient (Wildman–Crippen LogP) is 3.56. The Morgan fingerprint density at radius 3 is 2.45 bits per heavy atom. The molecular formula is C15H25F3N4. The molecule has 0 aromatic carbocycles. The van der Waals surface area contributed by atoms with Gasteiger partial charge in [-0.15, -0.1) is 0 Å². The van der Waals surface area contributed by atoms with Crippen molar-refractivity contribution in [2.45, 2.75) is 83.0 Å². The summed E-state index contributed by atoms with van der Waals surface area (Å²) in [4.78, 5) is 4.43. The van der Waals surface area contributed by atoms with Crippen LogP contribution in [0.2, 0.25) is 0 Å². The number of nitrogens with two attached hydrogens (primary N) is 1. The fraction of sp³-hybridized carbons (Fsp3) is 0.867. The zero-order valence-electron chi connectivity index (χ0n) is 13.1. The van der Waals surface area contributed by atoms with Gasteiger partial charge in [0.25, 0.3) is 0 Å². The number of aryl methyl sites for hydroxylation is 1. The van der Waals surface area contributed by atoms with Crippen LogP contribution >= 0.6 is 0 Å². The number of hydrogen-bond acceptors (Lipinski definition) is 3. The summed E-state index contributed by atoms with van der Waals surface area (Å²) >= 11 is 0. The van der Waals surface area contributed by atoms with Gasteiger partial charge in [0, 0.05) is 18.4 Å². The highest BCUT2D eigenvalue weighted by atomic mass is 19.4. The van der Waals surface area contributed by atoms with E-state index >= 15 is 0 Å². The van der Waals surface area contributed by atoms with E-state index in [1.165, 1.54) is 0 Å². The molecule has 0 spiro atoms. The van der Waals surface area contributed by atoms with Gasteiger partial charge in [-0.25, -0.2) is 9.67 Å². The lowest BCUT2D eigenvalue weighted by Gasteiger charge is -2.25.